The summed E-state index contributed by atoms with van der Waals surface area (Å²) >= 11 is 0. The van der Waals surface area contributed by atoms with E-state index in [1.165, 1.54) is 4.57 Å². The number of nitrogens with zero attached hydrogens (tertiary/aromatic N) is 1. The predicted molar refractivity (Wildman–Crippen MR) is 85.1 cm³/mol. The SMILES string of the molecule is O=C(O)c1oc2ccccc2c1-n1c(O)c2c(c1O)[C@H]1C=C[C@@H]2C1. The van der Waals surface area contributed by atoms with Crippen molar-refractivity contribution in [1.82, 2.24) is 4.57 Å². The molecule has 5 rings (SSSR count). The highest BCUT2D eigenvalue weighted by Crippen LogP contribution is 2.57. The zero-order chi connectivity index (χ0) is 16.6. The number of fused-ring (bicyclic) bond motifs is 6. The van der Waals surface area contributed by atoms with E-state index in [1.54, 1.807) is 24.3 Å². The normalized spacial score (nSPS) is 20.8. The van der Waals surface area contributed by atoms with Crippen LogP contribution in [0.25, 0.3) is 16.7 Å². The maximum absolute atomic E-state index is 11.6. The van der Waals surface area contributed by atoms with Crippen LogP contribution in [0.3, 0.4) is 0 Å². The summed E-state index contributed by atoms with van der Waals surface area (Å²) in [4.78, 5) is 11.6. The van der Waals surface area contributed by atoms with Crippen molar-refractivity contribution in [1.29, 1.82) is 0 Å². The maximum Gasteiger partial charge on any atom is 0.374 e. The minimum absolute atomic E-state index is 0.0589. The third-order valence-corrected chi connectivity index (χ3v) is 5.01. The second kappa shape index (κ2) is 4.23. The van der Waals surface area contributed by atoms with E-state index in [1.807, 2.05) is 12.2 Å². The van der Waals surface area contributed by atoms with E-state index in [0.717, 1.165) is 6.42 Å². The molecular weight excluding hydrogens is 310 g/mol. The quantitative estimate of drug-likeness (QED) is 0.628. The highest BCUT2D eigenvalue weighted by atomic mass is 16.4. The molecule has 0 fully saturated rings. The fourth-order valence-corrected chi connectivity index (χ4v) is 4.05. The number of allylic oxidation sites excluding steroid dienone is 2. The molecule has 0 spiro atoms. The highest BCUT2D eigenvalue weighted by Gasteiger charge is 2.42. The molecule has 0 amide bonds. The van der Waals surface area contributed by atoms with Crippen molar-refractivity contribution in [2.24, 2.45) is 0 Å². The lowest BCUT2D eigenvalue weighted by Gasteiger charge is -2.09. The van der Waals surface area contributed by atoms with Crippen LogP contribution < -0.4 is 0 Å². The smallest absolute Gasteiger partial charge is 0.374 e. The Balaban J connectivity index is 1.87. The van der Waals surface area contributed by atoms with Gasteiger partial charge in [-0.05, 0) is 18.6 Å². The molecule has 3 N–H and O–H groups in total. The summed E-state index contributed by atoms with van der Waals surface area (Å²) in [6, 6.07) is 6.85. The average Bonchev–Trinajstić information content (AvgIpc) is 3.30. The molecule has 3 aromatic rings. The molecule has 0 aliphatic heterocycles. The molecule has 2 aromatic heterocycles. The van der Waals surface area contributed by atoms with E-state index in [4.69, 9.17) is 4.42 Å². The fourth-order valence-electron chi connectivity index (χ4n) is 4.05. The fraction of sp³-hybridized carbons (Fsp3) is 0.167. The van der Waals surface area contributed by atoms with E-state index in [9.17, 15) is 20.1 Å². The summed E-state index contributed by atoms with van der Waals surface area (Å²) < 4.78 is 6.64. The molecule has 6 heteroatoms. The van der Waals surface area contributed by atoms with Gasteiger partial charge in [0.1, 0.15) is 11.3 Å². The molecule has 2 aliphatic rings. The van der Waals surface area contributed by atoms with Crippen LogP contribution in [0.2, 0.25) is 0 Å². The van der Waals surface area contributed by atoms with Crippen molar-refractivity contribution in [3.05, 3.63) is 53.3 Å². The minimum Gasteiger partial charge on any atom is -0.494 e. The largest absolute Gasteiger partial charge is 0.494 e. The monoisotopic (exact) mass is 323 g/mol. The number of carboxylic acids is 1. The van der Waals surface area contributed by atoms with E-state index in [2.05, 4.69) is 0 Å². The lowest BCUT2D eigenvalue weighted by Crippen LogP contribution is -2.03. The first-order valence-corrected chi connectivity index (χ1v) is 7.68. The van der Waals surface area contributed by atoms with Crippen LogP contribution in [-0.4, -0.2) is 25.9 Å². The highest BCUT2D eigenvalue weighted by molar-refractivity contribution is 6.00. The molecule has 0 unspecified atom stereocenters. The van der Waals surface area contributed by atoms with Crippen molar-refractivity contribution < 1.29 is 24.5 Å². The van der Waals surface area contributed by atoms with Crippen molar-refractivity contribution in [3.8, 4) is 17.4 Å². The van der Waals surface area contributed by atoms with E-state index in [0.29, 0.717) is 22.1 Å². The van der Waals surface area contributed by atoms with Crippen LogP contribution >= 0.6 is 0 Å². The number of rotatable bonds is 2. The Hall–Kier alpha value is -3.15. The molecule has 1 aromatic carbocycles. The van der Waals surface area contributed by atoms with E-state index >= 15 is 0 Å². The molecular formula is C18H13NO5. The van der Waals surface area contributed by atoms with E-state index in [-0.39, 0.29) is 35.0 Å². The summed E-state index contributed by atoms with van der Waals surface area (Å²) in [7, 11) is 0. The first-order chi connectivity index (χ1) is 11.6. The molecule has 6 nitrogen and oxygen atoms in total. The van der Waals surface area contributed by atoms with Gasteiger partial charge in [-0.1, -0.05) is 24.3 Å². The number of carbonyl (C=O) groups is 1. The van der Waals surface area contributed by atoms with Crippen molar-refractivity contribution >= 4 is 16.9 Å². The van der Waals surface area contributed by atoms with Gasteiger partial charge < -0.3 is 19.7 Å². The summed E-state index contributed by atoms with van der Waals surface area (Å²) in [6.07, 6.45) is 4.87. The number of carboxylic acid groups (broad SMARTS) is 1. The molecule has 24 heavy (non-hydrogen) atoms. The maximum atomic E-state index is 11.6. The topological polar surface area (TPSA) is 95.8 Å². The molecule has 120 valence electrons. The Morgan fingerprint density at radius 3 is 2.33 bits per heavy atom. The van der Waals surface area contributed by atoms with Gasteiger partial charge >= 0.3 is 5.97 Å². The Kier molecular flexibility index (Phi) is 2.34. The minimum atomic E-state index is -1.25. The van der Waals surface area contributed by atoms with Crippen molar-refractivity contribution in [2.45, 2.75) is 18.3 Å². The number of furan rings is 1. The van der Waals surface area contributed by atoms with Gasteiger partial charge in [-0.15, -0.1) is 0 Å². The molecule has 0 saturated heterocycles. The van der Waals surface area contributed by atoms with Gasteiger partial charge in [0.05, 0.1) is 0 Å². The molecule has 0 saturated carbocycles. The standard InChI is InChI=1S/C18H13NO5/c20-16-12-8-5-6-9(7-8)13(12)17(21)19(16)14-10-3-1-2-4-11(10)24-15(14)18(22)23/h1-6,8-9,20-21H,7H2,(H,22,23)/t8-,9+. The zero-order valence-corrected chi connectivity index (χ0v) is 12.4. The van der Waals surface area contributed by atoms with Gasteiger partial charge in [0.15, 0.2) is 0 Å². The van der Waals surface area contributed by atoms with E-state index < -0.39 is 5.97 Å². The number of aromatic hydroxyl groups is 2. The number of hydrogen-bond donors (Lipinski definition) is 3. The number of hydrogen-bond acceptors (Lipinski definition) is 4. The second-order valence-corrected chi connectivity index (χ2v) is 6.22. The van der Waals surface area contributed by atoms with Crippen molar-refractivity contribution in [3.63, 3.8) is 0 Å². The Morgan fingerprint density at radius 2 is 1.71 bits per heavy atom. The first kappa shape index (κ1) is 13.3. The molecule has 0 radical (unpaired) electrons. The number of aromatic nitrogens is 1. The lowest BCUT2D eigenvalue weighted by atomic mass is 10.0. The van der Waals surface area contributed by atoms with Crippen LogP contribution in [0.5, 0.6) is 11.8 Å². The summed E-state index contributed by atoms with van der Waals surface area (Å²) in [5.74, 6) is -1.68. The van der Waals surface area contributed by atoms with Crippen LogP contribution in [-0.2, 0) is 0 Å². The van der Waals surface area contributed by atoms with Gasteiger partial charge in [-0.2, -0.15) is 0 Å². The predicted octanol–water partition coefficient (Wildman–Crippen LogP) is 3.47. The van der Waals surface area contributed by atoms with Gasteiger partial charge in [0, 0.05) is 28.3 Å². The van der Waals surface area contributed by atoms with Crippen LogP contribution in [0.1, 0.15) is 39.9 Å². The lowest BCUT2D eigenvalue weighted by molar-refractivity contribution is 0.0665. The Bertz CT molecular complexity index is 1020. The Labute approximate surface area is 135 Å². The number of aromatic carboxylic acids is 1. The van der Waals surface area contributed by atoms with Gasteiger partial charge in [0.25, 0.3) is 0 Å². The first-order valence-electron chi connectivity index (χ1n) is 7.68. The molecule has 2 bridgehead atoms. The summed E-state index contributed by atoms with van der Waals surface area (Å²) in [5.41, 5.74) is 1.91. The van der Waals surface area contributed by atoms with Gasteiger partial charge in [-0.25, -0.2) is 9.36 Å². The van der Waals surface area contributed by atoms with Crippen LogP contribution in [0.15, 0.2) is 40.8 Å². The summed E-state index contributed by atoms with van der Waals surface area (Å²) in [5, 5.41) is 31.5. The number of para-hydroxylation sites is 1. The van der Waals surface area contributed by atoms with Crippen molar-refractivity contribution in [2.75, 3.05) is 0 Å². The van der Waals surface area contributed by atoms with Crippen LogP contribution in [0, 0.1) is 0 Å². The molecule has 2 aliphatic carbocycles. The number of benzene rings is 1. The van der Waals surface area contributed by atoms with Gasteiger partial charge in [0.2, 0.25) is 17.5 Å². The van der Waals surface area contributed by atoms with Crippen LogP contribution in [0.4, 0.5) is 0 Å². The average molecular weight is 323 g/mol. The zero-order valence-electron chi connectivity index (χ0n) is 12.4. The molecule has 2 atom stereocenters. The third kappa shape index (κ3) is 1.43. The second-order valence-electron chi connectivity index (χ2n) is 6.22. The Morgan fingerprint density at radius 1 is 1.08 bits per heavy atom. The summed E-state index contributed by atoms with van der Waals surface area (Å²) in [6.45, 7) is 0. The van der Waals surface area contributed by atoms with Gasteiger partial charge in [-0.3, -0.25) is 0 Å². The molecule has 2 heterocycles. The third-order valence-electron chi connectivity index (χ3n) is 5.01.